The van der Waals surface area contributed by atoms with Crippen LogP contribution < -0.4 is 4.90 Å². The third kappa shape index (κ3) is 4.67. The van der Waals surface area contributed by atoms with E-state index in [1.165, 1.54) is 76.8 Å². The van der Waals surface area contributed by atoms with Crippen molar-refractivity contribution < 1.29 is 0 Å². The molecule has 9 aromatic carbocycles. The fraction of sp³-hybridized carbons (Fsp3) is 0.0612. The lowest BCUT2D eigenvalue weighted by Gasteiger charge is -2.28. The minimum absolute atomic E-state index is 0.0841. The van der Waals surface area contributed by atoms with E-state index < -0.39 is 0 Å². The van der Waals surface area contributed by atoms with E-state index in [9.17, 15) is 0 Å². The number of halogens is 1. The van der Waals surface area contributed by atoms with Crippen molar-refractivity contribution in [3.8, 4) is 33.4 Å². The monoisotopic (exact) mass is 715 g/mol. The fourth-order valence-electron chi connectivity index (χ4n) is 8.52. The Morgan fingerprint density at radius 3 is 1.69 bits per heavy atom. The summed E-state index contributed by atoms with van der Waals surface area (Å²) in [7, 11) is 0. The third-order valence-corrected chi connectivity index (χ3v) is 11.8. The number of hydrogen-bond acceptors (Lipinski definition) is 1. The maximum Gasteiger partial charge on any atom is 0.0465 e. The van der Waals surface area contributed by atoms with Crippen molar-refractivity contribution >= 4 is 65.3 Å². The zero-order valence-electron chi connectivity index (χ0n) is 28.5. The minimum atomic E-state index is -0.0841. The molecule has 51 heavy (non-hydrogen) atoms. The first kappa shape index (κ1) is 30.2. The molecule has 0 N–H and O–H groups in total. The molecule has 1 aliphatic carbocycles. The van der Waals surface area contributed by atoms with Gasteiger partial charge in [0.2, 0.25) is 0 Å². The van der Waals surface area contributed by atoms with E-state index in [-0.39, 0.29) is 5.41 Å². The second kappa shape index (κ2) is 11.4. The molecule has 0 saturated heterocycles. The van der Waals surface area contributed by atoms with Gasteiger partial charge in [-0.15, -0.1) is 0 Å². The molecule has 0 fully saturated rings. The molecule has 0 atom stereocenters. The summed E-state index contributed by atoms with van der Waals surface area (Å²) in [6.07, 6.45) is 0. The molecule has 0 aromatic heterocycles. The predicted octanol–water partition coefficient (Wildman–Crippen LogP) is 14.5. The Balaban J connectivity index is 1.10. The van der Waals surface area contributed by atoms with E-state index in [1.54, 1.807) is 0 Å². The first-order chi connectivity index (χ1) is 25.0. The second-order valence-electron chi connectivity index (χ2n) is 14.3. The van der Waals surface area contributed by atoms with Crippen LogP contribution in [0.4, 0.5) is 17.1 Å². The zero-order valence-corrected chi connectivity index (χ0v) is 30.1. The van der Waals surface area contributed by atoms with Crippen LogP contribution in [0.3, 0.4) is 0 Å². The van der Waals surface area contributed by atoms with E-state index >= 15 is 0 Å². The number of fused-ring (bicyclic) bond motifs is 3. The fourth-order valence-corrected chi connectivity index (χ4v) is 8.98. The molecule has 0 bridgehead atoms. The molecule has 0 aliphatic heterocycles. The van der Waals surface area contributed by atoms with Crippen LogP contribution in [-0.2, 0) is 5.41 Å². The van der Waals surface area contributed by atoms with Gasteiger partial charge in [0, 0.05) is 26.9 Å². The van der Waals surface area contributed by atoms with E-state index in [4.69, 9.17) is 0 Å². The standard InChI is InChI=1S/C49H34BrN/c1-49(2)44-11-7-6-10-40(44)41-28-24-38(30-45(41)49)51(36-20-12-32(13-21-36)31-8-4-3-5-9-31)37-22-14-33(15-23-37)39-25-16-34-18-27-43-46(50)29-19-35-17-26-42(39)47(34)48(35)43/h3-30H,1-2H3. The number of rotatable bonds is 5. The topological polar surface area (TPSA) is 3.24 Å². The van der Waals surface area contributed by atoms with E-state index in [1.807, 2.05) is 0 Å². The maximum absolute atomic E-state index is 3.81. The summed E-state index contributed by atoms with van der Waals surface area (Å²) in [6, 6.07) is 62.6. The van der Waals surface area contributed by atoms with Gasteiger partial charge in [-0.1, -0.05) is 157 Å². The molecule has 10 rings (SSSR count). The second-order valence-corrected chi connectivity index (χ2v) is 15.1. The Morgan fingerprint density at radius 1 is 0.412 bits per heavy atom. The molecule has 0 heterocycles. The molecule has 0 unspecified atom stereocenters. The normalized spacial score (nSPS) is 13.2. The van der Waals surface area contributed by atoms with Gasteiger partial charge in [0.15, 0.2) is 0 Å². The molecule has 0 saturated carbocycles. The van der Waals surface area contributed by atoms with Crippen molar-refractivity contribution in [2.24, 2.45) is 0 Å². The summed E-state index contributed by atoms with van der Waals surface area (Å²) in [6.45, 7) is 4.70. The lowest BCUT2D eigenvalue weighted by atomic mass is 9.82. The van der Waals surface area contributed by atoms with Gasteiger partial charge in [0.1, 0.15) is 0 Å². The SMILES string of the molecule is CC1(C)c2ccccc2-c2ccc(N(c3ccc(-c4ccccc4)cc3)c3ccc(-c4ccc5ccc6c(Br)ccc7ccc4c5c76)cc3)cc21. The average molecular weight is 717 g/mol. The lowest BCUT2D eigenvalue weighted by molar-refractivity contribution is 0.660. The summed E-state index contributed by atoms with van der Waals surface area (Å²) < 4.78 is 1.13. The molecule has 0 amide bonds. The van der Waals surface area contributed by atoms with Gasteiger partial charge >= 0.3 is 0 Å². The summed E-state index contributed by atoms with van der Waals surface area (Å²) in [4.78, 5) is 2.40. The molecular formula is C49H34BrN. The van der Waals surface area contributed by atoms with Crippen molar-refractivity contribution in [2.75, 3.05) is 4.90 Å². The van der Waals surface area contributed by atoms with Crippen LogP contribution in [0.1, 0.15) is 25.0 Å². The van der Waals surface area contributed by atoms with Crippen molar-refractivity contribution in [1.82, 2.24) is 0 Å². The van der Waals surface area contributed by atoms with Gasteiger partial charge in [0.25, 0.3) is 0 Å². The Bertz CT molecular complexity index is 2760. The number of benzene rings is 9. The maximum atomic E-state index is 3.81. The number of nitrogens with zero attached hydrogens (tertiary/aromatic N) is 1. The van der Waals surface area contributed by atoms with Crippen LogP contribution >= 0.6 is 15.9 Å². The Morgan fingerprint density at radius 2 is 0.941 bits per heavy atom. The van der Waals surface area contributed by atoms with Gasteiger partial charge in [-0.05, 0) is 119 Å². The smallest absolute Gasteiger partial charge is 0.0465 e. The summed E-state index contributed by atoms with van der Waals surface area (Å²) in [5.41, 5.74) is 13.6. The highest BCUT2D eigenvalue weighted by Crippen LogP contribution is 2.51. The molecule has 9 aromatic rings. The Hall–Kier alpha value is -5.70. The highest BCUT2D eigenvalue weighted by Gasteiger charge is 2.35. The van der Waals surface area contributed by atoms with Crippen LogP contribution in [0.15, 0.2) is 174 Å². The highest BCUT2D eigenvalue weighted by molar-refractivity contribution is 9.10. The highest BCUT2D eigenvalue weighted by atomic mass is 79.9. The summed E-state index contributed by atoms with van der Waals surface area (Å²) in [5, 5.41) is 7.74. The molecule has 0 spiro atoms. The van der Waals surface area contributed by atoms with Crippen molar-refractivity contribution in [2.45, 2.75) is 19.3 Å². The summed E-state index contributed by atoms with van der Waals surface area (Å²) in [5.74, 6) is 0. The predicted molar refractivity (Wildman–Crippen MR) is 221 cm³/mol. The largest absolute Gasteiger partial charge is 0.310 e. The van der Waals surface area contributed by atoms with Crippen LogP contribution in [0.25, 0.3) is 65.7 Å². The first-order valence-electron chi connectivity index (χ1n) is 17.6. The molecule has 242 valence electrons. The third-order valence-electron chi connectivity index (χ3n) is 11.1. The van der Waals surface area contributed by atoms with E-state index in [0.717, 1.165) is 21.5 Å². The van der Waals surface area contributed by atoms with Crippen molar-refractivity contribution in [3.05, 3.63) is 185 Å². The van der Waals surface area contributed by atoms with E-state index in [2.05, 4.69) is 205 Å². The van der Waals surface area contributed by atoms with Gasteiger partial charge in [-0.25, -0.2) is 0 Å². The molecular weight excluding hydrogens is 682 g/mol. The Kier molecular flexibility index (Phi) is 6.75. The minimum Gasteiger partial charge on any atom is -0.310 e. The molecule has 0 radical (unpaired) electrons. The number of hydrogen-bond donors (Lipinski definition) is 0. The van der Waals surface area contributed by atoms with Gasteiger partial charge in [-0.3, -0.25) is 0 Å². The van der Waals surface area contributed by atoms with Gasteiger partial charge in [-0.2, -0.15) is 0 Å². The van der Waals surface area contributed by atoms with Crippen LogP contribution in [-0.4, -0.2) is 0 Å². The van der Waals surface area contributed by atoms with Gasteiger partial charge in [0.05, 0.1) is 0 Å². The molecule has 1 aliphatic rings. The Labute approximate surface area is 306 Å². The zero-order chi connectivity index (χ0) is 34.3. The van der Waals surface area contributed by atoms with Crippen LogP contribution in [0, 0.1) is 0 Å². The van der Waals surface area contributed by atoms with Crippen molar-refractivity contribution in [1.29, 1.82) is 0 Å². The molecule has 2 heteroatoms. The quantitative estimate of drug-likeness (QED) is 0.160. The first-order valence-corrected chi connectivity index (χ1v) is 18.4. The van der Waals surface area contributed by atoms with Crippen LogP contribution in [0.2, 0.25) is 0 Å². The average Bonchev–Trinajstić information content (AvgIpc) is 3.41. The summed E-state index contributed by atoms with van der Waals surface area (Å²) >= 11 is 3.81. The molecule has 1 nitrogen and oxygen atoms in total. The lowest BCUT2D eigenvalue weighted by Crippen LogP contribution is -2.16. The van der Waals surface area contributed by atoms with Crippen molar-refractivity contribution in [3.63, 3.8) is 0 Å². The number of anilines is 3. The van der Waals surface area contributed by atoms with Crippen LogP contribution in [0.5, 0.6) is 0 Å². The van der Waals surface area contributed by atoms with Gasteiger partial charge < -0.3 is 4.90 Å². The van der Waals surface area contributed by atoms with E-state index in [0.29, 0.717) is 0 Å².